The van der Waals surface area contributed by atoms with E-state index in [0.717, 1.165) is 17.4 Å². The zero-order valence-corrected chi connectivity index (χ0v) is 14.5. The maximum Gasteiger partial charge on any atom is 0.126 e. The quantitative estimate of drug-likeness (QED) is 0.840. The molecule has 3 aliphatic heterocycles. The predicted octanol–water partition coefficient (Wildman–Crippen LogP) is 2.87. The van der Waals surface area contributed by atoms with Gasteiger partial charge in [0.2, 0.25) is 0 Å². The number of rotatable bonds is 7. The van der Waals surface area contributed by atoms with Crippen LogP contribution in [-0.2, 0) is 0 Å². The van der Waals surface area contributed by atoms with E-state index in [9.17, 15) is 0 Å². The van der Waals surface area contributed by atoms with Crippen molar-refractivity contribution in [3.63, 3.8) is 0 Å². The topological polar surface area (TPSA) is 47.7 Å². The van der Waals surface area contributed by atoms with Gasteiger partial charge in [0.15, 0.2) is 0 Å². The summed E-state index contributed by atoms with van der Waals surface area (Å²) in [5.74, 6) is 3.67. The van der Waals surface area contributed by atoms with Gasteiger partial charge in [-0.25, -0.2) is 0 Å². The zero-order valence-electron chi connectivity index (χ0n) is 14.5. The van der Waals surface area contributed by atoms with Gasteiger partial charge >= 0.3 is 0 Å². The Bertz CT molecular complexity index is 512. The lowest BCUT2D eigenvalue weighted by Gasteiger charge is -2.48. The molecule has 2 N–H and O–H groups in total. The third-order valence-electron chi connectivity index (χ3n) is 5.47. The first kappa shape index (κ1) is 16.6. The lowest BCUT2D eigenvalue weighted by Crippen LogP contribution is -2.50. The fraction of sp³-hybridized carbons (Fsp3) is 0.684. The van der Waals surface area contributed by atoms with E-state index in [1.807, 2.05) is 19.9 Å². The van der Waals surface area contributed by atoms with Gasteiger partial charge in [0, 0.05) is 18.5 Å². The van der Waals surface area contributed by atoms with Gasteiger partial charge in [-0.2, -0.15) is 0 Å². The Morgan fingerprint density at radius 2 is 1.91 bits per heavy atom. The van der Waals surface area contributed by atoms with Crippen LogP contribution in [-0.4, -0.2) is 44.3 Å². The molecule has 4 nitrogen and oxygen atoms in total. The maximum absolute atomic E-state index is 6.22. The fourth-order valence-electron chi connectivity index (χ4n) is 4.36. The minimum atomic E-state index is 0.375. The molecule has 23 heavy (non-hydrogen) atoms. The Kier molecular flexibility index (Phi) is 5.44. The summed E-state index contributed by atoms with van der Waals surface area (Å²) in [7, 11) is 0. The second-order valence-electron chi connectivity index (χ2n) is 6.71. The summed E-state index contributed by atoms with van der Waals surface area (Å²) < 4.78 is 11.6. The SMILES string of the molecule is CCOc1ccc(C(CN)C2CN3CCC2CC3)c(OCC)c1. The number of benzene rings is 1. The summed E-state index contributed by atoms with van der Waals surface area (Å²) in [5, 5.41) is 0. The molecule has 0 amide bonds. The van der Waals surface area contributed by atoms with Crippen LogP contribution >= 0.6 is 0 Å². The zero-order chi connectivity index (χ0) is 16.2. The number of hydrogen-bond donors (Lipinski definition) is 1. The van der Waals surface area contributed by atoms with E-state index >= 15 is 0 Å². The largest absolute Gasteiger partial charge is 0.494 e. The standard InChI is InChI=1S/C19H30N2O2/c1-3-22-15-5-6-16(19(11-15)23-4-2)17(12-20)18-13-21-9-7-14(18)8-10-21/h5-6,11,14,17-18H,3-4,7-10,12-13,20H2,1-2H3. The number of piperidine rings is 3. The van der Waals surface area contributed by atoms with Gasteiger partial charge in [-0.15, -0.1) is 0 Å². The molecule has 2 atom stereocenters. The maximum atomic E-state index is 6.22. The Hall–Kier alpha value is -1.26. The van der Waals surface area contributed by atoms with Crippen LogP contribution in [0.4, 0.5) is 0 Å². The highest BCUT2D eigenvalue weighted by Gasteiger charge is 2.39. The van der Waals surface area contributed by atoms with Crippen LogP contribution < -0.4 is 15.2 Å². The molecule has 2 unspecified atom stereocenters. The van der Waals surface area contributed by atoms with Crippen molar-refractivity contribution in [1.82, 2.24) is 4.90 Å². The number of fused-ring (bicyclic) bond motifs is 3. The molecule has 0 radical (unpaired) electrons. The van der Waals surface area contributed by atoms with Gasteiger partial charge in [0.25, 0.3) is 0 Å². The third-order valence-corrected chi connectivity index (χ3v) is 5.47. The van der Waals surface area contributed by atoms with Crippen LogP contribution in [0.25, 0.3) is 0 Å². The molecule has 1 aromatic rings. The third kappa shape index (κ3) is 3.48. The van der Waals surface area contributed by atoms with Gasteiger partial charge in [-0.3, -0.25) is 0 Å². The summed E-state index contributed by atoms with van der Waals surface area (Å²) in [4.78, 5) is 2.60. The van der Waals surface area contributed by atoms with Crippen LogP contribution in [0.15, 0.2) is 18.2 Å². The first-order valence-electron chi connectivity index (χ1n) is 9.08. The average Bonchev–Trinajstić information content (AvgIpc) is 2.59. The first-order valence-corrected chi connectivity index (χ1v) is 9.08. The fourth-order valence-corrected chi connectivity index (χ4v) is 4.36. The molecule has 4 heteroatoms. The highest BCUT2D eigenvalue weighted by molar-refractivity contribution is 5.43. The minimum absolute atomic E-state index is 0.375. The van der Waals surface area contributed by atoms with Crippen LogP contribution in [0, 0.1) is 11.8 Å². The van der Waals surface area contributed by atoms with Crippen LogP contribution in [0.1, 0.15) is 38.2 Å². The normalized spacial score (nSPS) is 27.7. The molecule has 2 bridgehead atoms. The molecule has 0 spiro atoms. The van der Waals surface area contributed by atoms with Crippen LogP contribution in [0.2, 0.25) is 0 Å². The van der Waals surface area contributed by atoms with Crippen molar-refractivity contribution < 1.29 is 9.47 Å². The van der Waals surface area contributed by atoms with Crippen molar-refractivity contribution in [3.8, 4) is 11.5 Å². The summed E-state index contributed by atoms with van der Waals surface area (Å²) in [6.45, 7) is 9.77. The van der Waals surface area contributed by atoms with E-state index in [0.29, 0.717) is 31.6 Å². The van der Waals surface area contributed by atoms with Crippen LogP contribution in [0.5, 0.6) is 11.5 Å². The molecule has 3 aliphatic rings. The number of nitrogens with zero attached hydrogens (tertiary/aromatic N) is 1. The molecule has 3 saturated heterocycles. The lowest BCUT2D eigenvalue weighted by atomic mass is 9.70. The molecule has 4 rings (SSSR count). The molecule has 3 fully saturated rings. The summed E-state index contributed by atoms with van der Waals surface area (Å²) in [5.41, 5.74) is 7.48. The molecule has 0 aromatic heterocycles. The van der Waals surface area contributed by atoms with E-state index in [1.54, 1.807) is 0 Å². The van der Waals surface area contributed by atoms with Crippen molar-refractivity contribution in [1.29, 1.82) is 0 Å². The number of hydrogen-bond acceptors (Lipinski definition) is 4. The molecule has 1 aromatic carbocycles. The van der Waals surface area contributed by atoms with E-state index in [4.69, 9.17) is 15.2 Å². The van der Waals surface area contributed by atoms with Gasteiger partial charge in [-0.05, 0) is 69.8 Å². The van der Waals surface area contributed by atoms with Gasteiger partial charge in [0.05, 0.1) is 13.2 Å². The van der Waals surface area contributed by atoms with Gasteiger partial charge < -0.3 is 20.1 Å². The van der Waals surface area contributed by atoms with Crippen molar-refractivity contribution >= 4 is 0 Å². The minimum Gasteiger partial charge on any atom is -0.494 e. The van der Waals surface area contributed by atoms with Gasteiger partial charge in [0.1, 0.15) is 11.5 Å². The lowest BCUT2D eigenvalue weighted by molar-refractivity contribution is 0.0374. The molecule has 0 aliphatic carbocycles. The van der Waals surface area contributed by atoms with Crippen LogP contribution in [0.3, 0.4) is 0 Å². The highest BCUT2D eigenvalue weighted by atomic mass is 16.5. The second kappa shape index (κ2) is 7.54. The van der Waals surface area contributed by atoms with Crippen molar-refractivity contribution in [2.45, 2.75) is 32.6 Å². The average molecular weight is 318 g/mol. The molecular weight excluding hydrogens is 288 g/mol. The first-order chi connectivity index (χ1) is 11.3. The van der Waals surface area contributed by atoms with E-state index < -0.39 is 0 Å². The second-order valence-corrected chi connectivity index (χ2v) is 6.71. The molecule has 3 heterocycles. The van der Waals surface area contributed by atoms with Crippen molar-refractivity contribution in [3.05, 3.63) is 23.8 Å². The Balaban J connectivity index is 1.87. The Labute approximate surface area is 139 Å². The molecular formula is C19H30N2O2. The Morgan fingerprint density at radius 1 is 1.17 bits per heavy atom. The van der Waals surface area contributed by atoms with Crippen molar-refractivity contribution in [2.24, 2.45) is 17.6 Å². The van der Waals surface area contributed by atoms with Crippen molar-refractivity contribution in [2.75, 3.05) is 39.4 Å². The predicted molar refractivity (Wildman–Crippen MR) is 93.2 cm³/mol. The highest BCUT2D eigenvalue weighted by Crippen LogP contribution is 2.43. The summed E-state index contributed by atoms with van der Waals surface area (Å²) in [6.07, 6.45) is 2.64. The van der Waals surface area contributed by atoms with Gasteiger partial charge in [-0.1, -0.05) is 6.07 Å². The summed E-state index contributed by atoms with van der Waals surface area (Å²) >= 11 is 0. The Morgan fingerprint density at radius 3 is 2.48 bits per heavy atom. The number of ether oxygens (including phenoxy) is 2. The van der Waals surface area contributed by atoms with E-state index in [1.165, 1.54) is 38.0 Å². The smallest absolute Gasteiger partial charge is 0.126 e. The molecule has 128 valence electrons. The van der Waals surface area contributed by atoms with E-state index in [2.05, 4.69) is 17.0 Å². The summed E-state index contributed by atoms with van der Waals surface area (Å²) in [6, 6.07) is 6.27. The number of nitrogens with two attached hydrogens (primary N) is 1. The monoisotopic (exact) mass is 318 g/mol. The molecule has 0 saturated carbocycles. The van der Waals surface area contributed by atoms with E-state index in [-0.39, 0.29) is 0 Å².